The van der Waals surface area contributed by atoms with Crippen LogP contribution in [0, 0.1) is 18.8 Å². The molecule has 2 fully saturated rings. The summed E-state index contributed by atoms with van der Waals surface area (Å²) in [6, 6.07) is 3.80. The second-order valence-corrected chi connectivity index (χ2v) is 12.9. The van der Waals surface area contributed by atoms with Gasteiger partial charge in [-0.2, -0.15) is 0 Å². The Morgan fingerprint density at radius 1 is 1.07 bits per heavy atom. The Kier molecular flexibility index (Phi) is 9.05. The molecule has 0 bridgehead atoms. The maximum absolute atomic E-state index is 13.2. The first kappa shape index (κ1) is 28.9. The van der Waals surface area contributed by atoms with E-state index in [0.717, 1.165) is 46.3 Å². The normalized spacial score (nSPS) is 18.7. The molecule has 40 heavy (non-hydrogen) atoms. The molecule has 1 aromatic carbocycles. The number of nitrogens with zero attached hydrogens (tertiary/aromatic N) is 5. The number of carbonyl (C=O) groups excluding carboxylic acids is 1. The van der Waals surface area contributed by atoms with Gasteiger partial charge < -0.3 is 10.0 Å². The van der Waals surface area contributed by atoms with E-state index in [1.165, 1.54) is 19.0 Å². The quantitative estimate of drug-likeness (QED) is 0.306. The van der Waals surface area contributed by atoms with Crippen LogP contribution in [0.5, 0.6) is 0 Å². The third-order valence-corrected chi connectivity index (χ3v) is 9.63. The van der Waals surface area contributed by atoms with Crippen molar-refractivity contribution in [2.24, 2.45) is 11.8 Å². The number of thiazole rings is 1. The maximum Gasteiger partial charge on any atom is 0.306 e. The molecule has 1 atom stereocenters. The van der Waals surface area contributed by atoms with Crippen molar-refractivity contribution in [3.05, 3.63) is 55.7 Å². The summed E-state index contributed by atoms with van der Waals surface area (Å²) in [4.78, 5) is 43.7. The van der Waals surface area contributed by atoms with Crippen molar-refractivity contribution in [3.8, 4) is 11.3 Å². The van der Waals surface area contributed by atoms with E-state index in [0.29, 0.717) is 47.7 Å². The van der Waals surface area contributed by atoms with Gasteiger partial charge in [0.15, 0.2) is 5.78 Å². The number of carbonyl (C=O) groups is 2. The summed E-state index contributed by atoms with van der Waals surface area (Å²) < 4.78 is 0. The van der Waals surface area contributed by atoms with Crippen LogP contribution in [0.15, 0.2) is 24.5 Å². The summed E-state index contributed by atoms with van der Waals surface area (Å²) in [5, 5.41) is 11.1. The highest BCUT2D eigenvalue weighted by Crippen LogP contribution is 2.36. The van der Waals surface area contributed by atoms with Crippen molar-refractivity contribution in [3.63, 3.8) is 0 Å². The van der Waals surface area contributed by atoms with E-state index in [1.807, 2.05) is 24.0 Å². The largest absolute Gasteiger partial charge is 0.481 e. The number of piperidine rings is 2. The molecule has 0 spiro atoms. The van der Waals surface area contributed by atoms with Gasteiger partial charge in [0.2, 0.25) is 0 Å². The van der Waals surface area contributed by atoms with Gasteiger partial charge in [0, 0.05) is 46.7 Å². The van der Waals surface area contributed by atoms with Gasteiger partial charge in [-0.25, -0.2) is 15.0 Å². The second-order valence-electron chi connectivity index (χ2n) is 10.9. The fraction of sp³-hybridized carbons (Fsp3) is 0.483. The molecule has 1 N–H and O–H groups in total. The number of carboxylic acid groups (broad SMARTS) is 1. The zero-order valence-corrected chi connectivity index (χ0v) is 25.0. The lowest BCUT2D eigenvalue weighted by atomic mass is 9.97. The maximum atomic E-state index is 13.2. The minimum absolute atomic E-state index is 0.124. The molecule has 0 saturated carbocycles. The first-order chi connectivity index (χ1) is 19.2. The summed E-state index contributed by atoms with van der Waals surface area (Å²) >= 11 is 14.5. The van der Waals surface area contributed by atoms with E-state index in [2.05, 4.69) is 21.8 Å². The van der Waals surface area contributed by atoms with Crippen molar-refractivity contribution in [1.29, 1.82) is 0 Å². The van der Waals surface area contributed by atoms with Gasteiger partial charge >= 0.3 is 5.97 Å². The van der Waals surface area contributed by atoms with Crippen LogP contribution in [-0.4, -0.2) is 62.9 Å². The fourth-order valence-electron chi connectivity index (χ4n) is 5.44. The lowest BCUT2D eigenvalue weighted by Crippen LogP contribution is -2.36. The Balaban J connectivity index is 1.33. The molecule has 3 aromatic rings. The number of benzene rings is 1. The van der Waals surface area contributed by atoms with Crippen molar-refractivity contribution < 1.29 is 14.7 Å². The van der Waals surface area contributed by atoms with Gasteiger partial charge in [-0.3, -0.25) is 14.5 Å². The van der Waals surface area contributed by atoms with Crippen LogP contribution in [0.3, 0.4) is 0 Å². The van der Waals surface area contributed by atoms with Gasteiger partial charge in [-0.1, -0.05) is 30.1 Å². The molecule has 0 aliphatic carbocycles. The Labute approximate surface area is 248 Å². The highest BCUT2D eigenvalue weighted by Gasteiger charge is 2.26. The SMILES string of the molecule is Cc1c(Cl)cc(-c2nc(CC(=O)c3cnc(N4CCC(C(=O)O)CC4)cn3)sc2CN2CCC[C@H](C)C2)cc1Cl. The van der Waals surface area contributed by atoms with Crippen LogP contribution in [-0.2, 0) is 17.8 Å². The van der Waals surface area contributed by atoms with Crippen LogP contribution < -0.4 is 4.90 Å². The summed E-state index contributed by atoms with van der Waals surface area (Å²) in [6.07, 6.45) is 6.79. The second kappa shape index (κ2) is 12.5. The van der Waals surface area contributed by atoms with Gasteiger partial charge in [-0.15, -0.1) is 11.3 Å². The number of carboxylic acids is 1. The molecule has 4 heterocycles. The van der Waals surface area contributed by atoms with Crippen molar-refractivity contribution in [1.82, 2.24) is 19.9 Å². The number of hydrogen-bond acceptors (Lipinski definition) is 8. The summed E-state index contributed by atoms with van der Waals surface area (Å²) in [6.45, 7) is 8.23. The van der Waals surface area contributed by atoms with E-state index in [1.54, 1.807) is 17.5 Å². The van der Waals surface area contributed by atoms with E-state index in [4.69, 9.17) is 28.2 Å². The fourth-order valence-corrected chi connectivity index (χ4v) is 7.06. The number of aromatic nitrogens is 3. The molecule has 2 aliphatic heterocycles. The minimum atomic E-state index is -0.751. The zero-order valence-electron chi connectivity index (χ0n) is 22.7. The number of anilines is 1. The molecule has 2 aliphatic rings. The predicted octanol–water partition coefficient (Wildman–Crippen LogP) is 6.17. The molecule has 2 saturated heterocycles. The first-order valence-corrected chi connectivity index (χ1v) is 15.2. The number of ketones is 1. The van der Waals surface area contributed by atoms with E-state index >= 15 is 0 Å². The number of Topliss-reactive ketones (excluding diaryl/α,β-unsaturated/α-hetero) is 1. The predicted molar refractivity (Wildman–Crippen MR) is 159 cm³/mol. The van der Waals surface area contributed by atoms with Crippen LogP contribution in [0.1, 0.15) is 58.5 Å². The Bertz CT molecular complexity index is 1370. The number of hydrogen-bond donors (Lipinski definition) is 1. The van der Waals surface area contributed by atoms with Crippen LogP contribution >= 0.6 is 34.5 Å². The lowest BCUT2D eigenvalue weighted by molar-refractivity contribution is -0.142. The van der Waals surface area contributed by atoms with Gasteiger partial charge in [0.05, 0.1) is 30.4 Å². The number of aliphatic carboxylic acids is 1. The van der Waals surface area contributed by atoms with Crippen LogP contribution in [0.4, 0.5) is 5.82 Å². The van der Waals surface area contributed by atoms with Gasteiger partial charge in [0.1, 0.15) is 16.5 Å². The van der Waals surface area contributed by atoms with Crippen molar-refractivity contribution in [2.45, 2.75) is 52.5 Å². The Morgan fingerprint density at radius 3 is 2.42 bits per heavy atom. The number of rotatable bonds is 8. The van der Waals surface area contributed by atoms with Gasteiger partial charge in [0.25, 0.3) is 0 Å². The monoisotopic (exact) mass is 601 g/mol. The molecule has 212 valence electrons. The molecule has 0 radical (unpaired) electrons. The molecule has 8 nitrogen and oxygen atoms in total. The highest BCUT2D eigenvalue weighted by molar-refractivity contribution is 7.12. The summed E-state index contributed by atoms with van der Waals surface area (Å²) in [7, 11) is 0. The molecular formula is C29H33Cl2N5O3S. The Hall–Kier alpha value is -2.59. The summed E-state index contributed by atoms with van der Waals surface area (Å²) in [5.74, 6) is 0.0901. The molecular weight excluding hydrogens is 569 g/mol. The number of likely N-dealkylation sites (tertiary alicyclic amines) is 1. The topological polar surface area (TPSA) is 99.5 Å². The van der Waals surface area contributed by atoms with Crippen LogP contribution in [0.2, 0.25) is 10.0 Å². The third-order valence-electron chi connectivity index (χ3n) is 7.81. The van der Waals surface area contributed by atoms with E-state index in [-0.39, 0.29) is 23.8 Å². The van der Waals surface area contributed by atoms with E-state index in [9.17, 15) is 14.7 Å². The molecule has 0 amide bonds. The first-order valence-electron chi connectivity index (χ1n) is 13.7. The standard InChI is InChI=1S/C29H33Cl2N5O3S/c1-17-4-3-7-35(15-17)16-25-28(20-10-21(30)18(2)22(31)11-20)34-27(40-25)12-24(37)23-13-33-26(14-32-23)36-8-5-19(6-9-36)29(38)39/h10-11,13-14,17,19H,3-9,12,15-16H2,1-2H3,(H,38,39)/t17-/m0/s1. The average molecular weight is 603 g/mol. The van der Waals surface area contributed by atoms with E-state index < -0.39 is 5.97 Å². The number of halogens is 2. The van der Waals surface area contributed by atoms with Gasteiger partial charge in [-0.05, 0) is 62.8 Å². The Morgan fingerprint density at radius 2 is 1.80 bits per heavy atom. The highest BCUT2D eigenvalue weighted by atomic mass is 35.5. The molecule has 5 rings (SSSR count). The molecule has 11 heteroatoms. The van der Waals surface area contributed by atoms with Crippen molar-refractivity contribution >= 4 is 52.1 Å². The zero-order chi connectivity index (χ0) is 28.4. The van der Waals surface area contributed by atoms with Crippen molar-refractivity contribution in [2.75, 3.05) is 31.1 Å². The molecule has 0 unspecified atom stereocenters. The lowest BCUT2D eigenvalue weighted by Gasteiger charge is -2.30. The van der Waals surface area contributed by atoms with Crippen LogP contribution in [0.25, 0.3) is 11.3 Å². The average Bonchev–Trinajstić information content (AvgIpc) is 3.33. The minimum Gasteiger partial charge on any atom is -0.481 e. The molecule has 2 aromatic heterocycles. The third kappa shape index (κ3) is 6.65. The smallest absolute Gasteiger partial charge is 0.306 e. The summed E-state index contributed by atoms with van der Waals surface area (Å²) in [5.41, 5.74) is 2.79.